The van der Waals surface area contributed by atoms with Crippen molar-refractivity contribution >= 4 is 29.2 Å². The number of nitrogens with one attached hydrogen (secondary N) is 1. The molecule has 1 saturated heterocycles. The van der Waals surface area contributed by atoms with E-state index >= 15 is 0 Å². The van der Waals surface area contributed by atoms with E-state index in [9.17, 15) is 14.4 Å². The van der Waals surface area contributed by atoms with Crippen LogP contribution >= 0.6 is 11.8 Å². The molecule has 3 unspecified atom stereocenters. The molecule has 0 spiro atoms. The largest absolute Gasteiger partial charge is 0.348 e. The minimum absolute atomic E-state index is 0.00549. The van der Waals surface area contributed by atoms with Gasteiger partial charge in [-0.25, -0.2) is 0 Å². The Bertz CT molecular complexity index is 701. The molecule has 1 aromatic rings. The number of carbonyl (C=O) groups excluding carboxylic acids is 3. The summed E-state index contributed by atoms with van der Waals surface area (Å²) in [5.74, 6) is 1.06. The second kappa shape index (κ2) is 8.99. The van der Waals surface area contributed by atoms with Crippen molar-refractivity contribution in [2.75, 3.05) is 31.3 Å². The number of ketones is 2. The molecule has 27 heavy (non-hydrogen) atoms. The predicted molar refractivity (Wildman–Crippen MR) is 107 cm³/mol. The molecule has 3 atom stereocenters. The van der Waals surface area contributed by atoms with E-state index in [2.05, 4.69) is 36.5 Å². The quantitative estimate of drug-likeness (QED) is 0.611. The van der Waals surface area contributed by atoms with Gasteiger partial charge >= 0.3 is 0 Å². The van der Waals surface area contributed by atoms with Crippen molar-refractivity contribution in [3.8, 4) is 0 Å². The lowest BCUT2D eigenvalue weighted by Crippen LogP contribution is -2.50. The zero-order valence-electron chi connectivity index (χ0n) is 15.6. The van der Waals surface area contributed by atoms with Crippen LogP contribution in [0.4, 0.5) is 0 Å². The van der Waals surface area contributed by atoms with Gasteiger partial charge in [0, 0.05) is 24.1 Å². The molecule has 1 amide bonds. The number of Topliss-reactive ketones (excluding diaryl/α,β-unsaturated/α-hetero) is 2. The first kappa shape index (κ1) is 20.0. The molecule has 2 fully saturated rings. The van der Waals surface area contributed by atoms with Crippen molar-refractivity contribution in [2.45, 2.75) is 31.7 Å². The standard InChI is InChI=1S/C20H27N3O3S/c1-2-13-3-5-14(6-4-13)15-9-16(15)20(26)19(23-7-8-27-12-23)17(24)11-22-18(25)10-21/h3-6,15-16,19H,2,7-12,21H2,1H3,(H,22,25). The molecule has 1 saturated carbocycles. The van der Waals surface area contributed by atoms with Crippen LogP contribution < -0.4 is 11.1 Å². The first-order valence-electron chi connectivity index (χ1n) is 9.49. The van der Waals surface area contributed by atoms with Crippen LogP contribution in [-0.2, 0) is 20.8 Å². The number of hydrogen-bond donors (Lipinski definition) is 2. The summed E-state index contributed by atoms with van der Waals surface area (Å²) in [4.78, 5) is 39.2. The van der Waals surface area contributed by atoms with Crippen LogP contribution in [0.2, 0.25) is 0 Å². The molecule has 146 valence electrons. The van der Waals surface area contributed by atoms with E-state index < -0.39 is 6.04 Å². The Labute approximate surface area is 164 Å². The second-order valence-corrected chi connectivity index (χ2v) is 8.22. The number of thioether (sulfide) groups is 1. The fourth-order valence-electron chi connectivity index (χ4n) is 3.61. The van der Waals surface area contributed by atoms with E-state index in [1.165, 1.54) is 11.1 Å². The van der Waals surface area contributed by atoms with E-state index in [-0.39, 0.29) is 42.4 Å². The Morgan fingerprint density at radius 2 is 2.04 bits per heavy atom. The van der Waals surface area contributed by atoms with Gasteiger partial charge in [-0.3, -0.25) is 19.3 Å². The smallest absolute Gasteiger partial charge is 0.234 e. The third-order valence-corrected chi connectivity index (χ3v) is 6.32. The van der Waals surface area contributed by atoms with Crippen molar-refractivity contribution in [3.05, 3.63) is 35.4 Å². The fourth-order valence-corrected chi connectivity index (χ4v) is 4.62. The summed E-state index contributed by atoms with van der Waals surface area (Å²) in [7, 11) is 0. The summed E-state index contributed by atoms with van der Waals surface area (Å²) < 4.78 is 0. The van der Waals surface area contributed by atoms with Crippen molar-refractivity contribution in [2.24, 2.45) is 11.7 Å². The second-order valence-electron chi connectivity index (χ2n) is 7.15. The van der Waals surface area contributed by atoms with Crippen molar-refractivity contribution in [1.29, 1.82) is 0 Å². The van der Waals surface area contributed by atoms with E-state index in [1.54, 1.807) is 11.8 Å². The van der Waals surface area contributed by atoms with E-state index in [0.29, 0.717) is 5.88 Å². The SMILES string of the molecule is CCc1ccc(C2CC2C(=O)C(C(=O)CNC(=O)CN)N2CCSC2)cc1. The van der Waals surface area contributed by atoms with Gasteiger partial charge in [0.2, 0.25) is 5.91 Å². The lowest BCUT2D eigenvalue weighted by Gasteiger charge is -2.24. The third kappa shape index (κ3) is 4.78. The van der Waals surface area contributed by atoms with Crippen molar-refractivity contribution in [3.63, 3.8) is 0 Å². The maximum atomic E-state index is 13.1. The number of benzene rings is 1. The van der Waals surface area contributed by atoms with Crippen LogP contribution in [-0.4, -0.2) is 59.7 Å². The molecule has 1 aliphatic carbocycles. The minimum Gasteiger partial charge on any atom is -0.348 e. The minimum atomic E-state index is -0.761. The average molecular weight is 390 g/mol. The Hall–Kier alpha value is -1.70. The molecule has 0 bridgehead atoms. The number of aryl methyl sites for hydroxylation is 1. The van der Waals surface area contributed by atoms with Gasteiger partial charge in [0.05, 0.1) is 13.1 Å². The summed E-state index contributed by atoms with van der Waals surface area (Å²) in [5.41, 5.74) is 7.72. The van der Waals surface area contributed by atoms with E-state index in [1.807, 2.05) is 4.90 Å². The molecule has 0 aromatic heterocycles. The lowest BCUT2D eigenvalue weighted by molar-refractivity contribution is -0.135. The van der Waals surface area contributed by atoms with Gasteiger partial charge < -0.3 is 11.1 Å². The zero-order valence-corrected chi connectivity index (χ0v) is 16.5. The molecular weight excluding hydrogens is 362 g/mol. The Balaban J connectivity index is 1.67. The highest BCUT2D eigenvalue weighted by molar-refractivity contribution is 7.99. The van der Waals surface area contributed by atoms with Crippen LogP contribution in [0.15, 0.2) is 24.3 Å². The highest BCUT2D eigenvalue weighted by atomic mass is 32.2. The summed E-state index contributed by atoms with van der Waals surface area (Å²) in [6.07, 6.45) is 1.79. The van der Waals surface area contributed by atoms with Crippen LogP contribution in [0.5, 0.6) is 0 Å². The van der Waals surface area contributed by atoms with Gasteiger partial charge in [0.15, 0.2) is 11.6 Å². The Kier molecular flexibility index (Phi) is 6.68. The van der Waals surface area contributed by atoms with E-state index in [0.717, 1.165) is 25.1 Å². The highest BCUT2D eigenvalue weighted by Crippen LogP contribution is 2.49. The molecule has 1 heterocycles. The maximum Gasteiger partial charge on any atom is 0.234 e. The fraction of sp³-hybridized carbons (Fsp3) is 0.550. The summed E-state index contributed by atoms with van der Waals surface area (Å²) in [5, 5.41) is 2.51. The zero-order chi connectivity index (χ0) is 19.4. The first-order chi connectivity index (χ1) is 13.0. The number of amides is 1. The van der Waals surface area contributed by atoms with Crippen molar-refractivity contribution < 1.29 is 14.4 Å². The Morgan fingerprint density at radius 3 is 2.63 bits per heavy atom. The van der Waals surface area contributed by atoms with Crippen molar-refractivity contribution in [1.82, 2.24) is 10.2 Å². The topological polar surface area (TPSA) is 92.5 Å². The summed E-state index contributed by atoms with van der Waals surface area (Å²) in [6.45, 7) is 2.53. The monoisotopic (exact) mass is 389 g/mol. The maximum absolute atomic E-state index is 13.1. The normalized spacial score (nSPS) is 23.0. The molecule has 6 nitrogen and oxygen atoms in total. The number of rotatable bonds is 9. The molecule has 0 radical (unpaired) electrons. The molecule has 7 heteroatoms. The predicted octanol–water partition coefficient (Wildman–Crippen LogP) is 0.941. The van der Waals surface area contributed by atoms with Gasteiger partial charge in [-0.2, -0.15) is 0 Å². The summed E-state index contributed by atoms with van der Waals surface area (Å²) in [6, 6.07) is 7.65. The van der Waals surface area contributed by atoms with Gasteiger partial charge in [0.25, 0.3) is 0 Å². The number of nitrogens with two attached hydrogens (primary N) is 1. The highest BCUT2D eigenvalue weighted by Gasteiger charge is 2.49. The molecule has 3 rings (SSSR count). The van der Waals surface area contributed by atoms with Gasteiger partial charge in [-0.1, -0.05) is 31.2 Å². The molecule has 3 N–H and O–H groups in total. The number of hydrogen-bond acceptors (Lipinski definition) is 6. The lowest BCUT2D eigenvalue weighted by atomic mass is 9.98. The summed E-state index contributed by atoms with van der Waals surface area (Å²) >= 11 is 1.72. The van der Waals surface area contributed by atoms with Gasteiger partial charge in [-0.05, 0) is 29.9 Å². The van der Waals surface area contributed by atoms with Gasteiger partial charge in [0.1, 0.15) is 6.04 Å². The number of carbonyl (C=O) groups is 3. The molecule has 1 aromatic carbocycles. The van der Waals surface area contributed by atoms with Crippen LogP contribution in [0.3, 0.4) is 0 Å². The average Bonchev–Trinajstić information content (AvgIpc) is 3.33. The Morgan fingerprint density at radius 1 is 1.30 bits per heavy atom. The van der Waals surface area contributed by atoms with Crippen LogP contribution in [0.1, 0.15) is 30.4 Å². The number of nitrogens with zero attached hydrogens (tertiary/aromatic N) is 1. The molecular formula is C20H27N3O3S. The molecule has 2 aliphatic rings. The van der Waals surface area contributed by atoms with E-state index in [4.69, 9.17) is 5.73 Å². The van der Waals surface area contributed by atoms with Crippen LogP contribution in [0.25, 0.3) is 0 Å². The van der Waals surface area contributed by atoms with Crippen LogP contribution in [0, 0.1) is 5.92 Å². The molecule has 1 aliphatic heterocycles. The van der Waals surface area contributed by atoms with Gasteiger partial charge in [-0.15, -0.1) is 11.8 Å². The first-order valence-corrected chi connectivity index (χ1v) is 10.6. The third-order valence-electron chi connectivity index (χ3n) is 5.34.